The molecule has 0 saturated heterocycles. The Labute approximate surface area is 161 Å². The van der Waals surface area contributed by atoms with Crippen LogP contribution in [0.25, 0.3) is 11.1 Å². The highest BCUT2D eigenvalue weighted by Gasteiger charge is 2.07. The van der Waals surface area contributed by atoms with Gasteiger partial charge in [0.2, 0.25) is 0 Å². The predicted molar refractivity (Wildman–Crippen MR) is 112 cm³/mol. The van der Waals surface area contributed by atoms with Gasteiger partial charge in [-0.3, -0.25) is 0 Å². The van der Waals surface area contributed by atoms with Gasteiger partial charge in [0.05, 0.1) is 6.33 Å². The molecule has 27 heavy (non-hydrogen) atoms. The second-order valence-electron chi connectivity index (χ2n) is 6.88. The van der Waals surface area contributed by atoms with E-state index >= 15 is 0 Å². The molecule has 0 aliphatic carbocycles. The lowest BCUT2D eigenvalue weighted by Gasteiger charge is -2.11. The average Bonchev–Trinajstić information content (AvgIpc) is 3.17. The van der Waals surface area contributed by atoms with Crippen LogP contribution in [0.2, 0.25) is 0 Å². The number of rotatable bonds is 7. The van der Waals surface area contributed by atoms with Gasteiger partial charge in [0.25, 0.3) is 0 Å². The van der Waals surface area contributed by atoms with Crippen molar-refractivity contribution in [3.8, 4) is 11.1 Å². The zero-order chi connectivity index (χ0) is 18.3. The fourth-order valence-corrected chi connectivity index (χ4v) is 3.58. The van der Waals surface area contributed by atoms with E-state index in [0.29, 0.717) is 0 Å². The molecular formula is C25H24N2. The summed E-state index contributed by atoms with van der Waals surface area (Å²) in [5, 5.41) is 0. The normalized spacial score (nSPS) is 10.8. The standard InChI is InChI=1S/C25H24N2/c1-3-10-21(11-4-1)19-27-20-26-18-24(27)16-9-15-23-14-7-8-17-25(23)22-12-5-2-6-13-22/h1-8,10-14,17-18,20H,9,15-16,19H2. The van der Waals surface area contributed by atoms with Gasteiger partial charge < -0.3 is 4.57 Å². The zero-order valence-corrected chi connectivity index (χ0v) is 15.5. The molecule has 0 atom stereocenters. The topological polar surface area (TPSA) is 17.8 Å². The number of benzene rings is 3. The van der Waals surface area contributed by atoms with Crippen LogP contribution < -0.4 is 0 Å². The molecule has 1 aromatic heterocycles. The molecule has 134 valence electrons. The van der Waals surface area contributed by atoms with Crippen molar-refractivity contribution in [2.24, 2.45) is 0 Å². The molecule has 0 saturated carbocycles. The Hall–Kier alpha value is -3.13. The van der Waals surface area contributed by atoms with Crippen LogP contribution >= 0.6 is 0 Å². The first-order valence-electron chi connectivity index (χ1n) is 9.56. The van der Waals surface area contributed by atoms with Gasteiger partial charge >= 0.3 is 0 Å². The minimum absolute atomic E-state index is 0.886. The largest absolute Gasteiger partial charge is 0.330 e. The summed E-state index contributed by atoms with van der Waals surface area (Å²) in [6, 6.07) is 30.0. The van der Waals surface area contributed by atoms with E-state index in [-0.39, 0.29) is 0 Å². The predicted octanol–water partition coefficient (Wildman–Crippen LogP) is 5.77. The highest BCUT2D eigenvalue weighted by molar-refractivity contribution is 5.67. The van der Waals surface area contributed by atoms with Crippen molar-refractivity contribution in [2.45, 2.75) is 25.8 Å². The molecular weight excluding hydrogens is 328 g/mol. The molecule has 0 spiro atoms. The summed E-state index contributed by atoms with van der Waals surface area (Å²) in [4.78, 5) is 4.37. The Balaban J connectivity index is 1.42. The maximum absolute atomic E-state index is 4.37. The van der Waals surface area contributed by atoms with E-state index in [2.05, 4.69) is 94.5 Å². The summed E-state index contributed by atoms with van der Waals surface area (Å²) in [6.45, 7) is 0.886. The number of hydrogen-bond acceptors (Lipinski definition) is 1. The number of aromatic nitrogens is 2. The van der Waals surface area contributed by atoms with E-state index in [1.807, 2.05) is 12.5 Å². The van der Waals surface area contributed by atoms with Crippen LogP contribution in [0.4, 0.5) is 0 Å². The Bertz CT molecular complexity index is 971. The van der Waals surface area contributed by atoms with Crippen molar-refractivity contribution < 1.29 is 0 Å². The van der Waals surface area contributed by atoms with E-state index in [0.717, 1.165) is 25.8 Å². The van der Waals surface area contributed by atoms with Gasteiger partial charge in [-0.1, -0.05) is 84.9 Å². The number of nitrogens with zero attached hydrogens (tertiary/aromatic N) is 2. The summed E-state index contributed by atoms with van der Waals surface area (Å²) in [5.74, 6) is 0. The zero-order valence-electron chi connectivity index (χ0n) is 15.5. The third kappa shape index (κ3) is 4.35. The fraction of sp³-hybridized carbons (Fsp3) is 0.160. The molecule has 2 heteroatoms. The van der Waals surface area contributed by atoms with Crippen molar-refractivity contribution in [3.63, 3.8) is 0 Å². The molecule has 0 bridgehead atoms. The summed E-state index contributed by atoms with van der Waals surface area (Å²) in [7, 11) is 0. The number of aryl methyl sites for hydroxylation is 2. The van der Waals surface area contributed by atoms with Crippen LogP contribution in [0.15, 0.2) is 97.5 Å². The molecule has 0 aliphatic rings. The van der Waals surface area contributed by atoms with E-state index in [9.17, 15) is 0 Å². The average molecular weight is 352 g/mol. The molecule has 3 aromatic carbocycles. The lowest BCUT2D eigenvalue weighted by atomic mass is 9.96. The van der Waals surface area contributed by atoms with Gasteiger partial charge in [-0.15, -0.1) is 0 Å². The van der Waals surface area contributed by atoms with Crippen LogP contribution in [0, 0.1) is 0 Å². The van der Waals surface area contributed by atoms with Crippen LogP contribution in [-0.4, -0.2) is 9.55 Å². The summed E-state index contributed by atoms with van der Waals surface area (Å²) in [6.07, 6.45) is 7.17. The molecule has 2 nitrogen and oxygen atoms in total. The van der Waals surface area contributed by atoms with Crippen molar-refractivity contribution in [3.05, 3.63) is 114 Å². The van der Waals surface area contributed by atoms with Gasteiger partial charge in [0.1, 0.15) is 0 Å². The van der Waals surface area contributed by atoms with E-state index in [1.165, 1.54) is 27.9 Å². The van der Waals surface area contributed by atoms with Crippen molar-refractivity contribution >= 4 is 0 Å². The monoisotopic (exact) mass is 352 g/mol. The van der Waals surface area contributed by atoms with Crippen LogP contribution in [0.5, 0.6) is 0 Å². The molecule has 0 aliphatic heterocycles. The Morgan fingerprint density at radius 3 is 2.22 bits per heavy atom. The molecule has 0 radical (unpaired) electrons. The highest BCUT2D eigenvalue weighted by Crippen LogP contribution is 2.24. The first-order chi connectivity index (χ1) is 13.4. The number of imidazole rings is 1. The van der Waals surface area contributed by atoms with Crippen LogP contribution in [-0.2, 0) is 19.4 Å². The minimum Gasteiger partial charge on any atom is -0.330 e. The third-order valence-electron chi connectivity index (χ3n) is 4.98. The van der Waals surface area contributed by atoms with Crippen molar-refractivity contribution in [1.82, 2.24) is 9.55 Å². The SMILES string of the molecule is c1ccc(Cn2cncc2CCCc2ccccc2-c2ccccc2)cc1. The number of hydrogen-bond donors (Lipinski definition) is 0. The summed E-state index contributed by atoms with van der Waals surface area (Å²) < 4.78 is 2.26. The van der Waals surface area contributed by atoms with E-state index < -0.39 is 0 Å². The van der Waals surface area contributed by atoms with Gasteiger partial charge in [0.15, 0.2) is 0 Å². The summed E-state index contributed by atoms with van der Waals surface area (Å²) >= 11 is 0. The third-order valence-corrected chi connectivity index (χ3v) is 4.98. The highest BCUT2D eigenvalue weighted by atomic mass is 15.0. The molecule has 0 amide bonds. The van der Waals surface area contributed by atoms with Gasteiger partial charge in [0, 0.05) is 18.4 Å². The maximum Gasteiger partial charge on any atom is 0.0951 e. The fourth-order valence-electron chi connectivity index (χ4n) is 3.58. The molecule has 0 fully saturated rings. The maximum atomic E-state index is 4.37. The Kier molecular flexibility index (Phi) is 5.44. The van der Waals surface area contributed by atoms with Gasteiger partial charge in [-0.2, -0.15) is 0 Å². The molecule has 4 rings (SSSR count). The van der Waals surface area contributed by atoms with Crippen molar-refractivity contribution in [1.29, 1.82) is 0 Å². The van der Waals surface area contributed by atoms with E-state index in [1.54, 1.807) is 0 Å². The van der Waals surface area contributed by atoms with E-state index in [4.69, 9.17) is 0 Å². The first-order valence-corrected chi connectivity index (χ1v) is 9.56. The smallest absolute Gasteiger partial charge is 0.0951 e. The Morgan fingerprint density at radius 2 is 1.41 bits per heavy atom. The first kappa shape index (κ1) is 17.3. The quantitative estimate of drug-likeness (QED) is 0.412. The van der Waals surface area contributed by atoms with Gasteiger partial charge in [-0.05, 0) is 41.5 Å². The molecule has 0 N–H and O–H groups in total. The molecule has 0 unspecified atom stereocenters. The van der Waals surface area contributed by atoms with Crippen LogP contribution in [0.3, 0.4) is 0 Å². The minimum atomic E-state index is 0.886. The van der Waals surface area contributed by atoms with Crippen molar-refractivity contribution in [2.75, 3.05) is 0 Å². The Morgan fingerprint density at radius 1 is 0.704 bits per heavy atom. The molecule has 4 aromatic rings. The second-order valence-corrected chi connectivity index (χ2v) is 6.88. The van der Waals surface area contributed by atoms with Gasteiger partial charge in [-0.25, -0.2) is 4.98 Å². The molecule has 1 heterocycles. The lowest BCUT2D eigenvalue weighted by molar-refractivity contribution is 0.704. The summed E-state index contributed by atoms with van der Waals surface area (Å²) in [5.41, 5.74) is 6.66. The lowest BCUT2D eigenvalue weighted by Crippen LogP contribution is -2.04. The second kappa shape index (κ2) is 8.50. The van der Waals surface area contributed by atoms with Crippen LogP contribution in [0.1, 0.15) is 23.2 Å².